The number of piperidine rings is 1. The third kappa shape index (κ3) is 3.89. The predicted octanol–water partition coefficient (Wildman–Crippen LogP) is 1.67. The third-order valence-electron chi connectivity index (χ3n) is 4.57. The van der Waals surface area contributed by atoms with E-state index in [0.29, 0.717) is 31.7 Å². The molecule has 1 aromatic rings. The Kier molecular flexibility index (Phi) is 5.60. The zero-order chi connectivity index (χ0) is 18.5. The van der Waals surface area contributed by atoms with Gasteiger partial charge in [-0.15, -0.1) is 0 Å². The maximum Gasteiger partial charge on any atom is 0.410 e. The number of likely N-dealkylation sites (tertiary alicyclic amines) is 1. The van der Waals surface area contributed by atoms with Gasteiger partial charge in [-0.2, -0.15) is 0 Å². The van der Waals surface area contributed by atoms with Crippen LogP contribution < -0.4 is 0 Å². The summed E-state index contributed by atoms with van der Waals surface area (Å²) in [6.45, 7) is 3.01. The van der Waals surface area contributed by atoms with Crippen LogP contribution in [0.1, 0.15) is 25.5 Å². The van der Waals surface area contributed by atoms with Crippen LogP contribution in [0.3, 0.4) is 0 Å². The second-order valence-electron chi connectivity index (χ2n) is 6.16. The molecule has 8 heteroatoms. The van der Waals surface area contributed by atoms with Crippen LogP contribution in [0, 0.1) is 0 Å². The summed E-state index contributed by atoms with van der Waals surface area (Å²) < 4.78 is 15.2. The van der Waals surface area contributed by atoms with E-state index in [1.54, 1.807) is 36.3 Å². The molecule has 0 radical (unpaired) electrons. The molecule has 2 aliphatic heterocycles. The topological polar surface area (TPSA) is 89.3 Å². The normalized spacial score (nSPS) is 21.3. The Morgan fingerprint density at radius 3 is 2.77 bits per heavy atom. The number of hydrogen-bond acceptors (Lipinski definition) is 6. The van der Waals surface area contributed by atoms with Gasteiger partial charge in [0.25, 0.3) is 0 Å². The molecule has 2 aliphatic rings. The summed E-state index contributed by atoms with van der Waals surface area (Å²) in [6, 6.07) is 2.68. The Balaban J connectivity index is 1.56. The number of hydrogen-bond donors (Lipinski definition) is 0. The lowest BCUT2D eigenvalue weighted by Gasteiger charge is -2.36. The number of amides is 2. The van der Waals surface area contributed by atoms with Crippen LogP contribution in [0.15, 0.2) is 28.9 Å². The number of furan rings is 1. The zero-order valence-electron chi connectivity index (χ0n) is 14.6. The molecule has 0 spiro atoms. The highest BCUT2D eigenvalue weighted by Crippen LogP contribution is 2.25. The van der Waals surface area contributed by atoms with Crippen LogP contribution >= 0.6 is 0 Å². The van der Waals surface area contributed by atoms with Gasteiger partial charge in [0.2, 0.25) is 5.91 Å². The summed E-state index contributed by atoms with van der Waals surface area (Å²) in [5.41, 5.74) is 0. The van der Waals surface area contributed by atoms with Gasteiger partial charge in [0.05, 0.1) is 12.9 Å². The van der Waals surface area contributed by atoms with Crippen molar-refractivity contribution in [3.05, 3.63) is 30.2 Å². The fraction of sp³-hybridized carbons (Fsp3) is 0.500. The Bertz CT molecular complexity index is 676. The van der Waals surface area contributed by atoms with Crippen molar-refractivity contribution in [3.8, 4) is 0 Å². The van der Waals surface area contributed by atoms with Crippen molar-refractivity contribution < 1.29 is 28.3 Å². The molecule has 1 atom stereocenters. The number of rotatable bonds is 5. The highest BCUT2D eigenvalue weighted by molar-refractivity contribution is 5.91. The molecule has 2 fully saturated rings. The molecule has 0 aromatic carbocycles. The molecule has 26 heavy (non-hydrogen) atoms. The Morgan fingerprint density at radius 2 is 2.12 bits per heavy atom. The van der Waals surface area contributed by atoms with Crippen LogP contribution in [-0.4, -0.2) is 66.2 Å². The fourth-order valence-electron chi connectivity index (χ4n) is 3.27. The molecule has 3 rings (SSSR count). The third-order valence-corrected chi connectivity index (χ3v) is 4.57. The molecule has 8 nitrogen and oxygen atoms in total. The number of cyclic esters (lactones) is 1. The molecule has 3 heterocycles. The first-order chi connectivity index (χ1) is 12.6. The van der Waals surface area contributed by atoms with Gasteiger partial charge in [0.15, 0.2) is 6.04 Å². The van der Waals surface area contributed by atoms with E-state index in [-0.39, 0.29) is 25.2 Å². The molecule has 2 amide bonds. The summed E-state index contributed by atoms with van der Waals surface area (Å²) in [4.78, 5) is 39.5. The van der Waals surface area contributed by atoms with E-state index in [9.17, 15) is 14.4 Å². The van der Waals surface area contributed by atoms with Gasteiger partial charge in [0.1, 0.15) is 12.4 Å². The Labute approximate surface area is 151 Å². The maximum atomic E-state index is 12.3. The van der Waals surface area contributed by atoms with Crippen molar-refractivity contribution in [1.29, 1.82) is 0 Å². The van der Waals surface area contributed by atoms with E-state index in [1.807, 2.05) is 0 Å². The van der Waals surface area contributed by atoms with Crippen LogP contribution in [0.4, 0.5) is 4.79 Å². The SMILES string of the molecule is CCOC(=O)[C@@H]1COC(=O)N1C1CCN(C(=O)/C=C/c2ccco2)CC1. The molecule has 0 unspecified atom stereocenters. The number of nitrogens with zero attached hydrogens (tertiary/aromatic N) is 2. The van der Waals surface area contributed by atoms with Crippen LogP contribution in [0.25, 0.3) is 6.08 Å². The highest BCUT2D eigenvalue weighted by atomic mass is 16.6. The minimum absolute atomic E-state index is 0.0166. The first kappa shape index (κ1) is 18.0. The van der Waals surface area contributed by atoms with Gasteiger partial charge in [0, 0.05) is 25.2 Å². The molecule has 0 aliphatic carbocycles. The van der Waals surface area contributed by atoms with Gasteiger partial charge in [-0.1, -0.05) is 0 Å². The molecule has 140 valence electrons. The van der Waals surface area contributed by atoms with Crippen molar-refractivity contribution in [3.63, 3.8) is 0 Å². The average molecular weight is 362 g/mol. The van der Waals surface area contributed by atoms with Crippen molar-refractivity contribution in [2.45, 2.75) is 31.8 Å². The van der Waals surface area contributed by atoms with Crippen LogP contribution in [0.5, 0.6) is 0 Å². The number of carbonyl (C=O) groups is 3. The average Bonchev–Trinajstić information content (AvgIpc) is 3.29. The highest BCUT2D eigenvalue weighted by Gasteiger charge is 2.44. The lowest BCUT2D eigenvalue weighted by atomic mass is 10.0. The predicted molar refractivity (Wildman–Crippen MR) is 91.0 cm³/mol. The molecule has 1 aromatic heterocycles. The van der Waals surface area contributed by atoms with Crippen LogP contribution in [0.2, 0.25) is 0 Å². The maximum absolute atomic E-state index is 12.3. The van der Waals surface area contributed by atoms with Gasteiger partial charge in [-0.25, -0.2) is 9.59 Å². The van der Waals surface area contributed by atoms with E-state index in [0.717, 1.165) is 0 Å². The van der Waals surface area contributed by atoms with Gasteiger partial charge in [-0.05, 0) is 38.0 Å². The van der Waals surface area contributed by atoms with E-state index in [2.05, 4.69) is 0 Å². The minimum Gasteiger partial charge on any atom is -0.465 e. The van der Waals surface area contributed by atoms with Crippen molar-refractivity contribution in [2.24, 2.45) is 0 Å². The van der Waals surface area contributed by atoms with Gasteiger partial charge in [-0.3, -0.25) is 9.69 Å². The molecule has 0 bridgehead atoms. The summed E-state index contributed by atoms with van der Waals surface area (Å²) in [6.07, 6.45) is 5.33. The first-order valence-corrected chi connectivity index (χ1v) is 8.72. The van der Waals surface area contributed by atoms with Gasteiger partial charge >= 0.3 is 12.1 Å². The van der Waals surface area contributed by atoms with E-state index >= 15 is 0 Å². The standard InChI is InChI=1S/C18H22N2O6/c1-2-24-17(22)15-12-26-18(23)20(15)13-7-9-19(10-8-13)16(21)6-5-14-4-3-11-25-14/h3-6,11,13,15H,2,7-10,12H2,1H3/b6-5+/t15-/m0/s1. The number of esters is 1. The van der Waals surface area contributed by atoms with Crippen molar-refractivity contribution in [2.75, 3.05) is 26.3 Å². The van der Waals surface area contributed by atoms with E-state index in [1.165, 1.54) is 11.0 Å². The summed E-state index contributed by atoms with van der Waals surface area (Å²) in [5.74, 6) is 0.0642. The van der Waals surface area contributed by atoms with E-state index < -0.39 is 18.1 Å². The van der Waals surface area contributed by atoms with E-state index in [4.69, 9.17) is 13.9 Å². The lowest BCUT2D eigenvalue weighted by molar-refractivity contribution is -0.148. The molecule has 2 saturated heterocycles. The molecule has 0 N–H and O–H groups in total. The summed E-state index contributed by atoms with van der Waals surface area (Å²) in [5, 5.41) is 0. The van der Waals surface area contributed by atoms with Crippen molar-refractivity contribution >= 4 is 24.0 Å². The molecular weight excluding hydrogens is 340 g/mol. The van der Waals surface area contributed by atoms with Crippen LogP contribution in [-0.2, 0) is 19.1 Å². The fourth-order valence-corrected chi connectivity index (χ4v) is 3.27. The Hall–Kier alpha value is -2.77. The lowest BCUT2D eigenvalue weighted by Crippen LogP contribution is -2.51. The number of carbonyl (C=O) groups excluding carboxylic acids is 3. The monoisotopic (exact) mass is 362 g/mol. The minimum atomic E-state index is -0.700. The largest absolute Gasteiger partial charge is 0.465 e. The second-order valence-corrected chi connectivity index (χ2v) is 6.16. The molecular formula is C18H22N2O6. The zero-order valence-corrected chi connectivity index (χ0v) is 14.6. The number of ether oxygens (including phenoxy) is 2. The Morgan fingerprint density at radius 1 is 1.35 bits per heavy atom. The van der Waals surface area contributed by atoms with Gasteiger partial charge < -0.3 is 18.8 Å². The van der Waals surface area contributed by atoms with Crippen molar-refractivity contribution in [1.82, 2.24) is 9.80 Å². The second kappa shape index (κ2) is 8.07. The first-order valence-electron chi connectivity index (χ1n) is 8.72. The summed E-state index contributed by atoms with van der Waals surface area (Å²) >= 11 is 0. The molecule has 0 saturated carbocycles. The smallest absolute Gasteiger partial charge is 0.410 e. The summed E-state index contributed by atoms with van der Waals surface area (Å²) in [7, 11) is 0. The quantitative estimate of drug-likeness (QED) is 0.585.